The van der Waals surface area contributed by atoms with Gasteiger partial charge in [-0.1, -0.05) is 6.07 Å². The normalized spacial score (nSPS) is 18.7. The fourth-order valence-electron chi connectivity index (χ4n) is 2.73. The van der Waals surface area contributed by atoms with Crippen LogP contribution in [0.25, 0.3) is 22.2 Å². The molecule has 2 aliphatic rings. The first-order chi connectivity index (χ1) is 12.7. The van der Waals surface area contributed by atoms with Crippen molar-refractivity contribution in [2.24, 2.45) is 0 Å². The Bertz CT molecular complexity index is 1070. The van der Waals surface area contributed by atoms with Gasteiger partial charge in [-0.05, 0) is 48.2 Å². The second-order valence-electron chi connectivity index (χ2n) is 6.11. The highest BCUT2D eigenvalue weighted by molar-refractivity contribution is 8.18. The van der Waals surface area contributed by atoms with Crippen molar-refractivity contribution in [2.45, 2.75) is 18.9 Å². The molecule has 5 rings (SSSR count). The summed E-state index contributed by atoms with van der Waals surface area (Å²) in [7, 11) is 0. The maximum atomic E-state index is 11.9. The molecule has 2 fully saturated rings. The molecule has 4 heterocycles. The quantitative estimate of drug-likeness (QED) is 0.672. The zero-order chi connectivity index (χ0) is 17.7. The number of nitrogens with one attached hydrogen (secondary N) is 2. The second-order valence-corrected chi connectivity index (χ2v) is 8.07. The number of nitrogens with zero attached hydrogens (tertiary/aromatic N) is 3. The highest BCUT2D eigenvalue weighted by atomic mass is 32.2. The number of hydrogen-bond donors (Lipinski definition) is 2. The first-order valence-electron chi connectivity index (χ1n) is 8.11. The molecular formula is C17H13N5O2S2. The largest absolute Gasteiger partial charge is 0.351 e. The molecule has 1 aliphatic carbocycles. The average molecular weight is 383 g/mol. The monoisotopic (exact) mass is 383 g/mol. The SMILES string of the molecule is O=C1NC(=O)/C(=C\c2cnn3c(NC4CC4)nc(-c4cccs4)cc23)S1. The van der Waals surface area contributed by atoms with Crippen LogP contribution in [0.15, 0.2) is 34.7 Å². The molecule has 3 aromatic heterocycles. The topological polar surface area (TPSA) is 88.4 Å². The minimum Gasteiger partial charge on any atom is -0.351 e. The lowest BCUT2D eigenvalue weighted by Gasteiger charge is -2.09. The number of anilines is 1. The fourth-order valence-corrected chi connectivity index (χ4v) is 4.09. The minimum absolute atomic E-state index is 0.352. The Morgan fingerprint density at radius 3 is 2.92 bits per heavy atom. The number of amides is 2. The Morgan fingerprint density at radius 1 is 1.35 bits per heavy atom. The molecule has 1 aliphatic heterocycles. The van der Waals surface area contributed by atoms with Crippen LogP contribution in [0.4, 0.5) is 10.7 Å². The molecule has 1 saturated carbocycles. The van der Waals surface area contributed by atoms with Crippen LogP contribution >= 0.6 is 23.1 Å². The van der Waals surface area contributed by atoms with Gasteiger partial charge >= 0.3 is 0 Å². The summed E-state index contributed by atoms with van der Waals surface area (Å²) in [4.78, 5) is 29.4. The van der Waals surface area contributed by atoms with E-state index in [2.05, 4.69) is 15.7 Å². The molecule has 2 N–H and O–H groups in total. The summed E-state index contributed by atoms with van der Waals surface area (Å²) in [5.74, 6) is 0.320. The Kier molecular flexibility index (Phi) is 3.57. The van der Waals surface area contributed by atoms with Crippen LogP contribution in [0.1, 0.15) is 18.4 Å². The number of thiophene rings is 1. The molecule has 7 nitrogen and oxygen atoms in total. The molecule has 0 radical (unpaired) electrons. The van der Waals surface area contributed by atoms with Crippen molar-refractivity contribution in [3.63, 3.8) is 0 Å². The smallest absolute Gasteiger partial charge is 0.290 e. The van der Waals surface area contributed by atoms with Gasteiger partial charge in [0.2, 0.25) is 5.95 Å². The van der Waals surface area contributed by atoms with Crippen LogP contribution in [0.2, 0.25) is 0 Å². The van der Waals surface area contributed by atoms with E-state index in [1.54, 1.807) is 28.1 Å². The van der Waals surface area contributed by atoms with Gasteiger partial charge in [-0.3, -0.25) is 14.9 Å². The Hall–Kier alpha value is -2.65. The summed E-state index contributed by atoms with van der Waals surface area (Å²) in [6, 6.07) is 6.41. The standard InChI is InChI=1S/C17H13N5O2S2/c23-15-14(26-17(24)21-15)6-9-8-18-22-12(9)7-11(13-2-1-5-25-13)20-16(22)19-10-3-4-10/h1-2,5-8,10H,3-4H2,(H,19,20)(H,21,23,24)/b14-6+. The van der Waals surface area contributed by atoms with Crippen LogP contribution in [-0.4, -0.2) is 31.8 Å². The number of aromatic nitrogens is 3. The van der Waals surface area contributed by atoms with Gasteiger partial charge < -0.3 is 5.32 Å². The van der Waals surface area contributed by atoms with Gasteiger partial charge in [-0.15, -0.1) is 11.3 Å². The van der Waals surface area contributed by atoms with Crippen molar-refractivity contribution >= 4 is 51.8 Å². The third-order valence-corrected chi connectivity index (χ3v) is 5.85. The summed E-state index contributed by atoms with van der Waals surface area (Å²) >= 11 is 2.52. The lowest BCUT2D eigenvalue weighted by atomic mass is 10.2. The van der Waals surface area contributed by atoms with Gasteiger partial charge in [0.15, 0.2) is 0 Å². The van der Waals surface area contributed by atoms with E-state index in [9.17, 15) is 9.59 Å². The number of thioether (sulfide) groups is 1. The molecule has 0 unspecified atom stereocenters. The molecular weight excluding hydrogens is 370 g/mol. The Balaban J connectivity index is 1.65. The molecule has 130 valence electrons. The van der Waals surface area contributed by atoms with Gasteiger partial charge in [0, 0.05) is 11.6 Å². The second kappa shape index (κ2) is 5.96. The van der Waals surface area contributed by atoms with E-state index < -0.39 is 0 Å². The summed E-state index contributed by atoms with van der Waals surface area (Å²) in [5, 5.41) is 11.8. The molecule has 1 saturated heterocycles. The van der Waals surface area contributed by atoms with Crippen molar-refractivity contribution in [1.82, 2.24) is 19.9 Å². The molecule has 26 heavy (non-hydrogen) atoms. The van der Waals surface area contributed by atoms with Gasteiger partial charge in [0.1, 0.15) is 0 Å². The van der Waals surface area contributed by atoms with E-state index in [4.69, 9.17) is 4.98 Å². The Labute approximate surface area is 156 Å². The molecule has 9 heteroatoms. The van der Waals surface area contributed by atoms with Crippen molar-refractivity contribution in [2.75, 3.05) is 5.32 Å². The van der Waals surface area contributed by atoms with Gasteiger partial charge in [0.05, 0.1) is 27.2 Å². The zero-order valence-corrected chi connectivity index (χ0v) is 15.1. The number of rotatable bonds is 4. The first-order valence-corrected chi connectivity index (χ1v) is 9.81. The number of fused-ring (bicyclic) bond motifs is 1. The first kappa shape index (κ1) is 15.6. The van der Waals surface area contributed by atoms with Crippen LogP contribution in [-0.2, 0) is 4.79 Å². The Morgan fingerprint density at radius 2 is 2.23 bits per heavy atom. The van der Waals surface area contributed by atoms with E-state index in [0.717, 1.165) is 46.3 Å². The molecule has 2 amide bonds. The predicted molar refractivity (Wildman–Crippen MR) is 102 cm³/mol. The van der Waals surface area contributed by atoms with Gasteiger partial charge in [0.25, 0.3) is 11.1 Å². The fraction of sp³-hybridized carbons (Fsp3) is 0.176. The lowest BCUT2D eigenvalue weighted by molar-refractivity contribution is -0.115. The van der Waals surface area contributed by atoms with Gasteiger partial charge in [-0.2, -0.15) is 9.61 Å². The zero-order valence-electron chi connectivity index (χ0n) is 13.4. The van der Waals surface area contributed by atoms with Crippen LogP contribution < -0.4 is 10.6 Å². The molecule has 0 atom stereocenters. The number of imide groups is 1. The van der Waals surface area contributed by atoms with Crippen molar-refractivity contribution in [3.8, 4) is 10.6 Å². The summed E-state index contributed by atoms with van der Waals surface area (Å²) < 4.78 is 1.75. The molecule has 3 aromatic rings. The number of carbonyl (C=O) groups excluding carboxylic acids is 2. The van der Waals surface area contributed by atoms with E-state index in [0.29, 0.717) is 16.9 Å². The summed E-state index contributed by atoms with van der Waals surface area (Å²) in [5.41, 5.74) is 2.47. The van der Waals surface area contributed by atoms with E-state index >= 15 is 0 Å². The van der Waals surface area contributed by atoms with Crippen LogP contribution in [0.3, 0.4) is 0 Å². The maximum absolute atomic E-state index is 11.9. The molecule has 0 bridgehead atoms. The van der Waals surface area contributed by atoms with Gasteiger partial charge in [-0.25, -0.2) is 4.98 Å². The third-order valence-electron chi connectivity index (χ3n) is 4.15. The highest BCUT2D eigenvalue weighted by Crippen LogP contribution is 2.32. The highest BCUT2D eigenvalue weighted by Gasteiger charge is 2.26. The number of hydrogen-bond acceptors (Lipinski definition) is 7. The molecule has 0 aromatic carbocycles. The molecule has 0 spiro atoms. The van der Waals surface area contributed by atoms with Crippen molar-refractivity contribution < 1.29 is 9.59 Å². The predicted octanol–water partition coefficient (Wildman–Crippen LogP) is 3.36. The lowest BCUT2D eigenvalue weighted by Crippen LogP contribution is -2.17. The maximum Gasteiger partial charge on any atom is 0.290 e. The minimum atomic E-state index is -0.372. The van der Waals surface area contributed by atoms with Crippen molar-refractivity contribution in [3.05, 3.63) is 40.2 Å². The van der Waals surface area contributed by atoms with Crippen LogP contribution in [0, 0.1) is 0 Å². The third kappa shape index (κ3) is 2.78. The van der Waals surface area contributed by atoms with E-state index in [1.165, 1.54) is 0 Å². The van der Waals surface area contributed by atoms with E-state index in [1.807, 2.05) is 23.6 Å². The number of carbonyl (C=O) groups is 2. The van der Waals surface area contributed by atoms with Crippen molar-refractivity contribution in [1.29, 1.82) is 0 Å². The van der Waals surface area contributed by atoms with E-state index in [-0.39, 0.29) is 11.1 Å². The average Bonchev–Trinajstić information content (AvgIpc) is 3.01. The summed E-state index contributed by atoms with van der Waals surface area (Å²) in [6.07, 6.45) is 5.65. The van der Waals surface area contributed by atoms with Crippen LogP contribution in [0.5, 0.6) is 0 Å². The summed E-state index contributed by atoms with van der Waals surface area (Å²) in [6.45, 7) is 0.